The van der Waals surface area contributed by atoms with Crippen molar-refractivity contribution in [3.63, 3.8) is 0 Å². The van der Waals surface area contributed by atoms with Crippen molar-refractivity contribution in [1.82, 2.24) is 14.8 Å². The minimum absolute atomic E-state index is 0.962. The van der Waals surface area contributed by atoms with Gasteiger partial charge in [-0.3, -0.25) is 9.88 Å². The maximum Gasteiger partial charge on any atom is 0.0564 e. The number of hydrogen-bond acceptors (Lipinski definition) is 4. The highest BCUT2D eigenvalue weighted by molar-refractivity contribution is 5.42. The summed E-state index contributed by atoms with van der Waals surface area (Å²) in [6, 6.07) is 4.13. The predicted molar refractivity (Wildman–Crippen MR) is 71.2 cm³/mol. The minimum atomic E-state index is 0.962. The summed E-state index contributed by atoms with van der Waals surface area (Å²) in [5.41, 5.74) is 2.29. The van der Waals surface area contributed by atoms with Crippen LogP contribution in [0.5, 0.6) is 0 Å². The lowest BCUT2D eigenvalue weighted by molar-refractivity contribution is 0.266. The van der Waals surface area contributed by atoms with Crippen LogP contribution in [0.25, 0.3) is 0 Å². The normalized spacial score (nSPS) is 18.9. The molecule has 2 rings (SSSR count). The number of pyridine rings is 1. The fraction of sp³-hybridized carbons (Fsp3) is 0.615. The fourth-order valence-corrected chi connectivity index (χ4v) is 2.21. The molecule has 17 heavy (non-hydrogen) atoms. The average Bonchev–Trinajstić information content (AvgIpc) is 2.55. The van der Waals surface area contributed by atoms with Crippen LogP contribution in [-0.2, 0) is 6.54 Å². The third kappa shape index (κ3) is 3.68. The first-order chi connectivity index (χ1) is 8.28. The highest BCUT2D eigenvalue weighted by Crippen LogP contribution is 2.10. The van der Waals surface area contributed by atoms with Crippen LogP contribution in [-0.4, -0.2) is 55.1 Å². The third-order valence-electron chi connectivity index (χ3n) is 3.30. The van der Waals surface area contributed by atoms with Gasteiger partial charge in [-0.1, -0.05) is 0 Å². The number of nitrogens with one attached hydrogen (secondary N) is 1. The molecule has 0 atom stereocenters. The molecule has 4 heteroatoms. The Morgan fingerprint density at radius 2 is 2.18 bits per heavy atom. The van der Waals surface area contributed by atoms with E-state index in [0.29, 0.717) is 0 Å². The van der Waals surface area contributed by atoms with Crippen molar-refractivity contribution in [2.45, 2.75) is 13.0 Å². The Morgan fingerprint density at radius 1 is 1.29 bits per heavy atom. The van der Waals surface area contributed by atoms with E-state index in [0.717, 1.165) is 31.0 Å². The zero-order valence-electron chi connectivity index (χ0n) is 10.8. The van der Waals surface area contributed by atoms with E-state index >= 15 is 0 Å². The maximum atomic E-state index is 4.44. The highest BCUT2D eigenvalue weighted by Gasteiger charge is 2.12. The summed E-state index contributed by atoms with van der Waals surface area (Å²) < 4.78 is 0. The monoisotopic (exact) mass is 234 g/mol. The van der Waals surface area contributed by atoms with Gasteiger partial charge in [0, 0.05) is 38.6 Å². The number of nitrogens with zero attached hydrogens (tertiary/aromatic N) is 3. The van der Waals surface area contributed by atoms with Crippen LogP contribution in [0.4, 0.5) is 5.69 Å². The zero-order chi connectivity index (χ0) is 12.1. The number of anilines is 1. The quantitative estimate of drug-likeness (QED) is 0.853. The number of aromatic nitrogens is 1. The molecular weight excluding hydrogens is 212 g/mol. The van der Waals surface area contributed by atoms with Gasteiger partial charge in [-0.05, 0) is 38.7 Å². The molecule has 0 radical (unpaired) electrons. The van der Waals surface area contributed by atoms with Crippen molar-refractivity contribution in [2.24, 2.45) is 0 Å². The predicted octanol–water partition coefficient (Wildman–Crippen LogP) is 1.26. The molecule has 1 aliphatic heterocycles. The molecule has 1 fully saturated rings. The lowest BCUT2D eigenvalue weighted by atomic mass is 10.3. The summed E-state index contributed by atoms with van der Waals surface area (Å²) >= 11 is 0. The zero-order valence-corrected chi connectivity index (χ0v) is 10.8. The molecule has 0 aromatic carbocycles. The molecule has 0 spiro atoms. The van der Waals surface area contributed by atoms with Gasteiger partial charge in [0.15, 0.2) is 0 Å². The summed E-state index contributed by atoms with van der Waals surface area (Å²) in [5, 5.41) is 3.16. The van der Waals surface area contributed by atoms with Crippen LogP contribution in [0.1, 0.15) is 12.1 Å². The standard InChI is InChI=1S/C13H22N4/c1-14-12-4-5-15-13(10-12)11-17-7-3-6-16(2)8-9-17/h4-5,10H,3,6-9,11H2,1-2H3,(H,14,15). The van der Waals surface area contributed by atoms with E-state index in [1.54, 1.807) is 0 Å². The molecule has 0 amide bonds. The summed E-state index contributed by atoms with van der Waals surface area (Å²) in [6.45, 7) is 5.65. The van der Waals surface area contributed by atoms with Gasteiger partial charge in [-0.15, -0.1) is 0 Å². The lowest BCUT2D eigenvalue weighted by Gasteiger charge is -2.19. The van der Waals surface area contributed by atoms with Crippen LogP contribution in [0.15, 0.2) is 18.3 Å². The highest BCUT2D eigenvalue weighted by atomic mass is 15.2. The van der Waals surface area contributed by atoms with E-state index < -0.39 is 0 Å². The molecule has 1 N–H and O–H groups in total. The van der Waals surface area contributed by atoms with Crippen molar-refractivity contribution in [2.75, 3.05) is 45.6 Å². The van der Waals surface area contributed by atoms with Crippen LogP contribution in [0, 0.1) is 0 Å². The summed E-state index contributed by atoms with van der Waals surface area (Å²) in [4.78, 5) is 9.33. The molecule has 2 heterocycles. The molecule has 1 aliphatic rings. The van der Waals surface area contributed by atoms with Crippen molar-refractivity contribution in [3.8, 4) is 0 Å². The number of likely N-dealkylation sites (N-methyl/N-ethyl adjacent to an activating group) is 1. The van der Waals surface area contributed by atoms with Crippen molar-refractivity contribution >= 4 is 5.69 Å². The Balaban J connectivity index is 1.94. The summed E-state index contributed by atoms with van der Waals surface area (Å²) in [5.74, 6) is 0. The SMILES string of the molecule is CNc1ccnc(CN2CCCN(C)CC2)c1. The van der Waals surface area contributed by atoms with Gasteiger partial charge in [0.05, 0.1) is 5.69 Å². The number of rotatable bonds is 3. The van der Waals surface area contributed by atoms with Gasteiger partial charge in [0.1, 0.15) is 0 Å². The van der Waals surface area contributed by atoms with Crippen molar-refractivity contribution in [1.29, 1.82) is 0 Å². The fourth-order valence-electron chi connectivity index (χ4n) is 2.21. The Hall–Kier alpha value is -1.13. The van der Waals surface area contributed by atoms with Gasteiger partial charge in [-0.2, -0.15) is 0 Å². The molecule has 0 unspecified atom stereocenters. The molecule has 94 valence electrons. The van der Waals surface area contributed by atoms with Crippen LogP contribution in [0.3, 0.4) is 0 Å². The van der Waals surface area contributed by atoms with Gasteiger partial charge < -0.3 is 10.2 Å². The first kappa shape index (κ1) is 12.3. The van der Waals surface area contributed by atoms with Gasteiger partial charge in [0.25, 0.3) is 0 Å². The van der Waals surface area contributed by atoms with E-state index in [1.165, 1.54) is 19.5 Å². The Kier molecular flexibility index (Phi) is 4.34. The van der Waals surface area contributed by atoms with E-state index in [1.807, 2.05) is 19.3 Å². The lowest BCUT2D eigenvalue weighted by Crippen LogP contribution is -2.28. The molecule has 0 bridgehead atoms. The van der Waals surface area contributed by atoms with Crippen molar-refractivity contribution < 1.29 is 0 Å². The second-order valence-corrected chi connectivity index (χ2v) is 4.72. The smallest absolute Gasteiger partial charge is 0.0564 e. The topological polar surface area (TPSA) is 31.4 Å². The van der Waals surface area contributed by atoms with Crippen LogP contribution in [0.2, 0.25) is 0 Å². The minimum Gasteiger partial charge on any atom is -0.388 e. The Bertz CT molecular complexity index is 353. The molecule has 1 saturated heterocycles. The van der Waals surface area contributed by atoms with Gasteiger partial charge in [0.2, 0.25) is 0 Å². The average molecular weight is 234 g/mol. The first-order valence-electron chi connectivity index (χ1n) is 6.31. The largest absolute Gasteiger partial charge is 0.388 e. The van der Waals surface area contributed by atoms with Crippen LogP contribution < -0.4 is 5.32 Å². The second-order valence-electron chi connectivity index (χ2n) is 4.72. The molecule has 0 saturated carbocycles. The molecule has 1 aromatic rings. The second kappa shape index (κ2) is 5.98. The van der Waals surface area contributed by atoms with E-state index in [-0.39, 0.29) is 0 Å². The van der Waals surface area contributed by atoms with E-state index in [4.69, 9.17) is 0 Å². The summed E-state index contributed by atoms with van der Waals surface area (Å²) in [6.07, 6.45) is 3.13. The maximum absolute atomic E-state index is 4.44. The summed E-state index contributed by atoms with van der Waals surface area (Å²) in [7, 11) is 4.14. The molecular formula is C13H22N4. The van der Waals surface area contributed by atoms with Crippen molar-refractivity contribution in [3.05, 3.63) is 24.0 Å². The number of hydrogen-bond donors (Lipinski definition) is 1. The molecule has 4 nitrogen and oxygen atoms in total. The van der Waals surface area contributed by atoms with Gasteiger partial charge in [-0.25, -0.2) is 0 Å². The van der Waals surface area contributed by atoms with Gasteiger partial charge >= 0.3 is 0 Å². The third-order valence-corrected chi connectivity index (χ3v) is 3.30. The Morgan fingerprint density at radius 3 is 3.00 bits per heavy atom. The van der Waals surface area contributed by atoms with Crippen LogP contribution >= 0.6 is 0 Å². The Labute approximate surface area is 104 Å². The van der Waals surface area contributed by atoms with E-state index in [2.05, 4.69) is 33.2 Å². The first-order valence-corrected chi connectivity index (χ1v) is 6.31. The van der Waals surface area contributed by atoms with E-state index in [9.17, 15) is 0 Å². The molecule has 0 aliphatic carbocycles. The molecule has 1 aromatic heterocycles.